The van der Waals surface area contributed by atoms with Crippen LogP contribution in [0, 0.1) is 26.7 Å². The van der Waals surface area contributed by atoms with Gasteiger partial charge in [0, 0.05) is 0 Å². The van der Waals surface area contributed by atoms with Gasteiger partial charge in [-0.3, -0.25) is 9.69 Å². The molecular weight excluding hydrogens is 312 g/mol. The molecule has 0 unspecified atom stereocenters. The van der Waals surface area contributed by atoms with E-state index in [0.29, 0.717) is 12.5 Å². The van der Waals surface area contributed by atoms with Gasteiger partial charge in [0.25, 0.3) is 0 Å². The molecule has 1 amide bonds. The summed E-state index contributed by atoms with van der Waals surface area (Å²) in [5.74, 6) is 0.642. The van der Waals surface area contributed by atoms with E-state index in [1.807, 2.05) is 37.7 Å². The lowest BCUT2D eigenvalue weighted by molar-refractivity contribution is -0.117. The summed E-state index contributed by atoms with van der Waals surface area (Å²) in [5, 5.41) is 7.62. The minimum absolute atomic E-state index is 0.000845. The normalized spacial score (nSPS) is 11.4. The molecule has 0 aliphatic heterocycles. The average Bonchev–Trinajstić information content (AvgIpc) is 2.82. The van der Waals surface area contributed by atoms with Gasteiger partial charge < -0.3 is 5.32 Å². The standard InChI is InChI=1S/C20H30N4O/c1-14(2)11-12-23(6)13-19(25)21-20-16(4)22-24(17(20)5)18-9-7-15(3)8-10-18/h7-10,14H,11-13H2,1-6H3,(H,21,25). The van der Waals surface area contributed by atoms with Crippen LogP contribution in [-0.2, 0) is 4.79 Å². The van der Waals surface area contributed by atoms with Crippen LogP contribution in [0.25, 0.3) is 5.69 Å². The van der Waals surface area contributed by atoms with Crippen LogP contribution in [0.4, 0.5) is 5.69 Å². The lowest BCUT2D eigenvalue weighted by atomic mass is 10.1. The molecule has 0 bridgehead atoms. The van der Waals surface area contributed by atoms with Crippen molar-refractivity contribution in [1.29, 1.82) is 0 Å². The summed E-state index contributed by atoms with van der Waals surface area (Å²) in [5.41, 5.74) is 4.79. The number of benzene rings is 1. The fourth-order valence-electron chi connectivity index (χ4n) is 2.74. The molecule has 5 heteroatoms. The van der Waals surface area contributed by atoms with E-state index in [0.717, 1.165) is 35.7 Å². The van der Waals surface area contributed by atoms with Crippen molar-refractivity contribution in [2.75, 3.05) is 25.5 Å². The molecule has 2 aromatic rings. The molecular formula is C20H30N4O. The molecule has 0 spiro atoms. The van der Waals surface area contributed by atoms with Crippen LogP contribution >= 0.6 is 0 Å². The molecule has 5 nitrogen and oxygen atoms in total. The van der Waals surface area contributed by atoms with E-state index in [1.165, 1.54) is 5.56 Å². The van der Waals surface area contributed by atoms with Crippen LogP contribution < -0.4 is 5.32 Å². The van der Waals surface area contributed by atoms with E-state index in [2.05, 4.69) is 48.2 Å². The Bertz CT molecular complexity index is 716. The summed E-state index contributed by atoms with van der Waals surface area (Å²) in [6.45, 7) is 11.7. The Hall–Kier alpha value is -2.14. The van der Waals surface area contributed by atoms with Gasteiger partial charge in [0.1, 0.15) is 0 Å². The number of hydrogen-bond donors (Lipinski definition) is 1. The third-order valence-electron chi connectivity index (χ3n) is 4.34. The maximum atomic E-state index is 12.4. The Morgan fingerprint density at radius 1 is 1.20 bits per heavy atom. The summed E-state index contributed by atoms with van der Waals surface area (Å²) < 4.78 is 1.88. The topological polar surface area (TPSA) is 50.2 Å². The highest BCUT2D eigenvalue weighted by Gasteiger charge is 2.16. The lowest BCUT2D eigenvalue weighted by Gasteiger charge is -2.17. The van der Waals surface area contributed by atoms with Crippen molar-refractivity contribution in [3.05, 3.63) is 41.2 Å². The molecule has 2 rings (SSSR count). The van der Waals surface area contributed by atoms with Crippen molar-refractivity contribution in [1.82, 2.24) is 14.7 Å². The number of nitrogens with one attached hydrogen (secondary N) is 1. The molecule has 0 fully saturated rings. The Morgan fingerprint density at radius 3 is 2.44 bits per heavy atom. The summed E-state index contributed by atoms with van der Waals surface area (Å²) >= 11 is 0. The number of nitrogens with zero attached hydrogens (tertiary/aromatic N) is 3. The molecule has 0 radical (unpaired) electrons. The van der Waals surface area contributed by atoms with Gasteiger partial charge in [-0.25, -0.2) is 4.68 Å². The Labute approximate surface area is 151 Å². The highest BCUT2D eigenvalue weighted by atomic mass is 16.2. The molecule has 1 N–H and O–H groups in total. The number of anilines is 1. The van der Waals surface area contributed by atoms with Crippen LogP contribution in [-0.4, -0.2) is 40.7 Å². The van der Waals surface area contributed by atoms with Crippen molar-refractivity contribution in [2.24, 2.45) is 5.92 Å². The summed E-state index contributed by atoms with van der Waals surface area (Å²) in [6.07, 6.45) is 1.09. The van der Waals surface area contributed by atoms with E-state index in [1.54, 1.807) is 0 Å². The maximum Gasteiger partial charge on any atom is 0.238 e. The van der Waals surface area contributed by atoms with Gasteiger partial charge in [-0.05, 0) is 58.8 Å². The first-order valence-corrected chi connectivity index (χ1v) is 8.89. The van der Waals surface area contributed by atoms with Crippen molar-refractivity contribution in [2.45, 2.75) is 41.0 Å². The molecule has 136 valence electrons. The number of aryl methyl sites for hydroxylation is 2. The fourth-order valence-corrected chi connectivity index (χ4v) is 2.74. The maximum absolute atomic E-state index is 12.4. The first-order valence-electron chi connectivity index (χ1n) is 8.89. The number of aromatic nitrogens is 2. The SMILES string of the molecule is Cc1ccc(-n2nc(C)c(NC(=O)CN(C)CCC(C)C)c2C)cc1. The Balaban J connectivity index is 2.07. The highest BCUT2D eigenvalue weighted by molar-refractivity contribution is 5.93. The second-order valence-electron chi connectivity index (χ2n) is 7.26. The smallest absolute Gasteiger partial charge is 0.238 e. The van der Waals surface area contributed by atoms with Gasteiger partial charge in [0.15, 0.2) is 0 Å². The summed E-state index contributed by atoms with van der Waals surface area (Å²) in [4.78, 5) is 14.4. The van der Waals surface area contributed by atoms with E-state index < -0.39 is 0 Å². The Kier molecular flexibility index (Phi) is 6.37. The fraction of sp³-hybridized carbons (Fsp3) is 0.500. The van der Waals surface area contributed by atoms with E-state index in [9.17, 15) is 4.79 Å². The molecule has 0 saturated heterocycles. The number of hydrogen-bond acceptors (Lipinski definition) is 3. The highest BCUT2D eigenvalue weighted by Crippen LogP contribution is 2.23. The number of likely N-dealkylation sites (N-methyl/N-ethyl adjacent to an activating group) is 1. The lowest BCUT2D eigenvalue weighted by Crippen LogP contribution is -2.31. The predicted octanol–water partition coefficient (Wildman–Crippen LogP) is 3.71. The van der Waals surface area contributed by atoms with Gasteiger partial charge in [0.05, 0.1) is 29.3 Å². The summed E-state index contributed by atoms with van der Waals surface area (Å²) in [7, 11) is 1.98. The molecule has 0 aliphatic carbocycles. The van der Waals surface area contributed by atoms with E-state index >= 15 is 0 Å². The van der Waals surface area contributed by atoms with Crippen LogP contribution in [0.5, 0.6) is 0 Å². The van der Waals surface area contributed by atoms with Gasteiger partial charge in [-0.2, -0.15) is 5.10 Å². The molecule has 1 aromatic carbocycles. The zero-order chi connectivity index (χ0) is 18.6. The summed E-state index contributed by atoms with van der Waals surface area (Å²) in [6, 6.07) is 8.21. The van der Waals surface area contributed by atoms with Crippen LogP contribution in [0.3, 0.4) is 0 Å². The van der Waals surface area contributed by atoms with Crippen molar-refractivity contribution < 1.29 is 4.79 Å². The third kappa shape index (κ3) is 5.16. The van der Waals surface area contributed by atoms with Crippen LogP contribution in [0.1, 0.15) is 37.2 Å². The van der Waals surface area contributed by atoms with Gasteiger partial charge >= 0.3 is 0 Å². The molecule has 1 aromatic heterocycles. The zero-order valence-electron chi connectivity index (χ0n) is 16.3. The minimum Gasteiger partial charge on any atom is -0.322 e. The van der Waals surface area contributed by atoms with Crippen molar-refractivity contribution >= 4 is 11.6 Å². The van der Waals surface area contributed by atoms with Crippen molar-refractivity contribution in [3.63, 3.8) is 0 Å². The quantitative estimate of drug-likeness (QED) is 0.834. The first-order chi connectivity index (χ1) is 11.8. The predicted molar refractivity (Wildman–Crippen MR) is 103 cm³/mol. The first kappa shape index (κ1) is 19.2. The van der Waals surface area contributed by atoms with E-state index in [-0.39, 0.29) is 5.91 Å². The molecule has 0 saturated carbocycles. The second-order valence-corrected chi connectivity index (χ2v) is 7.26. The monoisotopic (exact) mass is 342 g/mol. The van der Waals surface area contributed by atoms with Crippen molar-refractivity contribution in [3.8, 4) is 5.69 Å². The third-order valence-corrected chi connectivity index (χ3v) is 4.34. The molecule has 0 atom stereocenters. The van der Waals surface area contributed by atoms with Crippen LogP contribution in [0.2, 0.25) is 0 Å². The molecule has 25 heavy (non-hydrogen) atoms. The van der Waals surface area contributed by atoms with E-state index in [4.69, 9.17) is 0 Å². The van der Waals surface area contributed by atoms with Gasteiger partial charge in [-0.1, -0.05) is 31.5 Å². The van der Waals surface area contributed by atoms with Gasteiger partial charge in [0.2, 0.25) is 5.91 Å². The number of carbonyl (C=O) groups excluding carboxylic acids is 1. The Morgan fingerprint density at radius 2 is 1.84 bits per heavy atom. The average molecular weight is 342 g/mol. The largest absolute Gasteiger partial charge is 0.322 e. The van der Waals surface area contributed by atoms with Crippen LogP contribution in [0.15, 0.2) is 24.3 Å². The molecule has 1 heterocycles. The zero-order valence-corrected chi connectivity index (χ0v) is 16.3. The minimum atomic E-state index is 0.000845. The molecule has 0 aliphatic rings. The number of rotatable bonds is 7. The second kappa shape index (κ2) is 8.30. The number of amides is 1. The van der Waals surface area contributed by atoms with Gasteiger partial charge in [-0.15, -0.1) is 0 Å². The number of carbonyl (C=O) groups is 1.